The third-order valence-electron chi connectivity index (χ3n) is 3.65. The first kappa shape index (κ1) is 19.1. The van der Waals surface area contributed by atoms with E-state index in [4.69, 9.17) is 5.73 Å². The fraction of sp³-hybridized carbons (Fsp3) is 0.375. The van der Waals surface area contributed by atoms with E-state index in [0.29, 0.717) is 14.2 Å². The maximum absolute atomic E-state index is 13.9. The highest BCUT2D eigenvalue weighted by molar-refractivity contribution is 8.03. The van der Waals surface area contributed by atoms with Gasteiger partial charge in [0.1, 0.15) is 5.82 Å². The molecule has 1 aliphatic carbocycles. The molecule has 1 aliphatic rings. The second-order valence-corrected chi connectivity index (χ2v) is 9.14. The Bertz CT molecular complexity index is 797. The van der Waals surface area contributed by atoms with Crippen molar-refractivity contribution in [3.63, 3.8) is 0 Å². The Balaban J connectivity index is 1.55. The number of primary amides is 1. The van der Waals surface area contributed by atoms with Crippen LogP contribution in [-0.2, 0) is 16.1 Å². The summed E-state index contributed by atoms with van der Waals surface area (Å²) < 4.78 is 15.2. The predicted molar refractivity (Wildman–Crippen MR) is 101 cm³/mol. The van der Waals surface area contributed by atoms with Crippen molar-refractivity contribution >= 4 is 46.7 Å². The lowest BCUT2D eigenvalue weighted by molar-refractivity contribution is -0.129. The molecule has 6 nitrogen and oxygen atoms in total. The van der Waals surface area contributed by atoms with Gasteiger partial charge in [0.15, 0.2) is 8.68 Å². The van der Waals surface area contributed by atoms with Crippen molar-refractivity contribution in [1.82, 2.24) is 15.1 Å². The molecule has 10 heteroatoms. The Morgan fingerprint density at radius 2 is 1.85 bits per heavy atom. The minimum absolute atomic E-state index is 0.0395. The highest BCUT2D eigenvalue weighted by Crippen LogP contribution is 2.32. The first-order valence-corrected chi connectivity index (χ1v) is 10.7. The van der Waals surface area contributed by atoms with Crippen molar-refractivity contribution in [2.24, 2.45) is 5.73 Å². The van der Waals surface area contributed by atoms with E-state index < -0.39 is 5.91 Å². The number of thioether (sulfide) groups is 2. The highest BCUT2D eigenvalue weighted by Gasteiger charge is 2.33. The zero-order chi connectivity index (χ0) is 18.5. The summed E-state index contributed by atoms with van der Waals surface area (Å²) in [7, 11) is 0. The number of aromatic nitrogens is 2. The van der Waals surface area contributed by atoms with Gasteiger partial charge in [0.2, 0.25) is 11.8 Å². The van der Waals surface area contributed by atoms with Crippen LogP contribution in [0.2, 0.25) is 0 Å². The molecule has 3 rings (SSSR count). The van der Waals surface area contributed by atoms with Crippen molar-refractivity contribution in [3.05, 3.63) is 35.6 Å². The molecule has 0 saturated heterocycles. The maximum atomic E-state index is 13.9. The molecule has 0 atom stereocenters. The molecule has 26 heavy (non-hydrogen) atoms. The average molecular weight is 413 g/mol. The van der Waals surface area contributed by atoms with Gasteiger partial charge in [-0.2, -0.15) is 0 Å². The average Bonchev–Trinajstić information content (AvgIpc) is 3.35. The summed E-state index contributed by atoms with van der Waals surface area (Å²) in [5, 5.41) is 7.98. The van der Waals surface area contributed by atoms with Gasteiger partial charge >= 0.3 is 0 Å². The SMILES string of the molecule is NC(=O)CSc1nnc(SCC(=O)N(Cc2ccccc2F)C2CC2)s1. The zero-order valence-corrected chi connectivity index (χ0v) is 16.2. The van der Waals surface area contributed by atoms with Crippen molar-refractivity contribution in [3.8, 4) is 0 Å². The van der Waals surface area contributed by atoms with Crippen molar-refractivity contribution < 1.29 is 14.0 Å². The Kier molecular flexibility index (Phi) is 6.49. The normalized spacial score (nSPS) is 13.6. The molecule has 2 N–H and O–H groups in total. The van der Waals surface area contributed by atoms with Crippen LogP contribution in [0, 0.1) is 5.82 Å². The van der Waals surface area contributed by atoms with Crippen LogP contribution in [-0.4, -0.2) is 44.5 Å². The summed E-state index contributed by atoms with van der Waals surface area (Å²) in [6.07, 6.45) is 1.91. The topological polar surface area (TPSA) is 89.2 Å². The molecule has 1 aromatic heterocycles. The van der Waals surface area contributed by atoms with E-state index in [1.54, 1.807) is 23.1 Å². The monoisotopic (exact) mass is 412 g/mol. The van der Waals surface area contributed by atoms with E-state index in [2.05, 4.69) is 10.2 Å². The number of hydrogen-bond acceptors (Lipinski definition) is 7. The van der Waals surface area contributed by atoms with Crippen molar-refractivity contribution in [2.45, 2.75) is 34.1 Å². The van der Waals surface area contributed by atoms with E-state index in [1.165, 1.54) is 40.9 Å². The second-order valence-electron chi connectivity index (χ2n) is 5.72. The van der Waals surface area contributed by atoms with E-state index in [9.17, 15) is 14.0 Å². The number of nitrogens with two attached hydrogens (primary N) is 1. The van der Waals surface area contributed by atoms with E-state index in [0.717, 1.165) is 12.8 Å². The molecule has 1 saturated carbocycles. The van der Waals surface area contributed by atoms with Gasteiger partial charge in [0.25, 0.3) is 0 Å². The van der Waals surface area contributed by atoms with Crippen LogP contribution in [0.1, 0.15) is 18.4 Å². The summed E-state index contributed by atoms with van der Waals surface area (Å²) in [6, 6.07) is 6.72. The van der Waals surface area contributed by atoms with Crippen molar-refractivity contribution in [2.75, 3.05) is 11.5 Å². The molecule has 1 heterocycles. The number of carbonyl (C=O) groups excluding carboxylic acids is 2. The lowest BCUT2D eigenvalue weighted by Crippen LogP contribution is -2.34. The van der Waals surface area contributed by atoms with Gasteiger partial charge in [-0.3, -0.25) is 9.59 Å². The molecule has 1 aromatic carbocycles. The highest BCUT2D eigenvalue weighted by atomic mass is 32.2. The largest absolute Gasteiger partial charge is 0.369 e. The van der Waals surface area contributed by atoms with Gasteiger partial charge in [-0.05, 0) is 18.9 Å². The summed E-state index contributed by atoms with van der Waals surface area (Å²) in [5.74, 6) is -0.375. The first-order chi connectivity index (χ1) is 12.5. The quantitative estimate of drug-likeness (QED) is 0.637. The van der Waals surface area contributed by atoms with Gasteiger partial charge in [-0.25, -0.2) is 4.39 Å². The predicted octanol–water partition coefficient (Wildman–Crippen LogP) is 2.54. The maximum Gasteiger partial charge on any atom is 0.233 e. The summed E-state index contributed by atoms with van der Waals surface area (Å²) in [5.41, 5.74) is 5.63. The Labute approximate surface area is 162 Å². The molecule has 0 unspecified atom stereocenters. The van der Waals surface area contributed by atoms with Crippen LogP contribution in [0.5, 0.6) is 0 Å². The minimum atomic E-state index is -0.414. The molecule has 2 amide bonds. The molecule has 0 bridgehead atoms. The van der Waals surface area contributed by atoms with Crippen LogP contribution in [0.3, 0.4) is 0 Å². The Hall–Kier alpha value is -1.65. The fourth-order valence-corrected chi connectivity index (χ4v) is 4.92. The molecule has 1 fully saturated rings. The third-order valence-corrected chi connectivity index (χ3v) is 6.85. The van der Waals surface area contributed by atoms with Gasteiger partial charge in [0, 0.05) is 18.2 Å². The molecular formula is C16H17FN4O2S3. The number of rotatable bonds is 9. The van der Waals surface area contributed by atoms with Crippen LogP contribution in [0.4, 0.5) is 4.39 Å². The van der Waals surface area contributed by atoms with Gasteiger partial charge in [-0.15, -0.1) is 10.2 Å². The smallest absolute Gasteiger partial charge is 0.233 e. The van der Waals surface area contributed by atoms with Crippen molar-refractivity contribution in [1.29, 1.82) is 0 Å². The zero-order valence-electron chi connectivity index (χ0n) is 13.8. The standard InChI is InChI=1S/C16H17FN4O2S3/c17-12-4-2-1-3-10(12)7-21(11-5-6-11)14(23)9-25-16-20-19-15(26-16)24-8-13(18)22/h1-4,11H,5-9H2,(H2,18,22). The van der Waals surface area contributed by atoms with Crippen LogP contribution < -0.4 is 5.73 Å². The minimum Gasteiger partial charge on any atom is -0.369 e. The van der Waals surface area contributed by atoms with Crippen LogP contribution in [0.25, 0.3) is 0 Å². The number of amides is 2. The number of halogens is 1. The van der Waals surface area contributed by atoms with Gasteiger partial charge < -0.3 is 10.6 Å². The Morgan fingerprint density at radius 3 is 2.46 bits per heavy atom. The van der Waals surface area contributed by atoms with E-state index in [-0.39, 0.29) is 35.8 Å². The number of carbonyl (C=O) groups is 2. The summed E-state index contributed by atoms with van der Waals surface area (Å²) >= 11 is 3.85. The fourth-order valence-electron chi connectivity index (χ4n) is 2.27. The lowest BCUT2D eigenvalue weighted by atomic mass is 10.2. The molecule has 138 valence electrons. The van der Waals surface area contributed by atoms with Crippen LogP contribution in [0.15, 0.2) is 32.9 Å². The summed E-state index contributed by atoms with van der Waals surface area (Å²) in [4.78, 5) is 25.1. The Morgan fingerprint density at radius 1 is 1.19 bits per heavy atom. The third kappa shape index (κ3) is 5.42. The van der Waals surface area contributed by atoms with E-state index in [1.807, 2.05) is 0 Å². The number of nitrogens with zero attached hydrogens (tertiary/aromatic N) is 3. The molecule has 0 spiro atoms. The van der Waals surface area contributed by atoms with E-state index >= 15 is 0 Å². The summed E-state index contributed by atoms with van der Waals surface area (Å²) in [6.45, 7) is 0.284. The second kappa shape index (κ2) is 8.83. The lowest BCUT2D eigenvalue weighted by Gasteiger charge is -2.22. The van der Waals surface area contributed by atoms with Gasteiger partial charge in [0.05, 0.1) is 11.5 Å². The molecular weight excluding hydrogens is 395 g/mol. The number of hydrogen-bond donors (Lipinski definition) is 1. The van der Waals surface area contributed by atoms with Gasteiger partial charge in [-0.1, -0.05) is 53.1 Å². The number of benzene rings is 1. The molecule has 2 aromatic rings. The molecule has 0 aliphatic heterocycles. The first-order valence-electron chi connectivity index (χ1n) is 7.93. The van der Waals surface area contributed by atoms with Crippen LogP contribution >= 0.6 is 34.9 Å². The molecule has 0 radical (unpaired) electrons.